The Bertz CT molecular complexity index is 734. The molecule has 0 spiro atoms. The number of ether oxygens (including phenoxy) is 2. The molecule has 0 radical (unpaired) electrons. The Morgan fingerprint density at radius 1 is 1.15 bits per heavy atom. The SMILES string of the molecule is O=C(COc1ccc(Cl)cc1)NC[C@H](c1ccc(F)cc1)N1CCOCC1. The predicted octanol–water partition coefficient (Wildman–Crippen LogP) is 3.05. The average Bonchev–Trinajstić information content (AvgIpc) is 2.70. The van der Waals surface area contributed by atoms with Crippen molar-refractivity contribution in [3.63, 3.8) is 0 Å². The maximum atomic E-state index is 13.3. The van der Waals surface area contributed by atoms with Crippen molar-refractivity contribution in [3.8, 4) is 5.75 Å². The second kappa shape index (κ2) is 9.69. The van der Waals surface area contributed by atoms with Crippen LogP contribution < -0.4 is 10.1 Å². The summed E-state index contributed by atoms with van der Waals surface area (Å²) in [6.45, 7) is 3.14. The Hall–Kier alpha value is -2.15. The van der Waals surface area contributed by atoms with Crippen molar-refractivity contribution < 1.29 is 18.7 Å². The molecular formula is C20H22ClFN2O3. The van der Waals surface area contributed by atoms with Gasteiger partial charge in [-0.1, -0.05) is 23.7 Å². The van der Waals surface area contributed by atoms with Gasteiger partial charge in [0.2, 0.25) is 0 Å². The standard InChI is InChI=1S/C20H22ClFN2O3/c21-16-3-7-18(8-4-16)27-14-20(25)23-13-19(24-9-11-26-12-10-24)15-1-5-17(22)6-2-15/h1-8,19H,9-14H2,(H,23,25)/t19-/m1/s1. The molecule has 0 aromatic heterocycles. The minimum atomic E-state index is -0.278. The number of hydrogen-bond donors (Lipinski definition) is 1. The molecular weight excluding hydrogens is 371 g/mol. The van der Waals surface area contributed by atoms with E-state index in [1.165, 1.54) is 12.1 Å². The lowest BCUT2D eigenvalue weighted by Gasteiger charge is -2.35. The van der Waals surface area contributed by atoms with Gasteiger partial charge in [-0.2, -0.15) is 0 Å². The van der Waals surface area contributed by atoms with E-state index in [2.05, 4.69) is 10.2 Å². The van der Waals surface area contributed by atoms with Gasteiger partial charge in [-0.15, -0.1) is 0 Å². The molecule has 3 rings (SSSR count). The Morgan fingerprint density at radius 2 is 1.81 bits per heavy atom. The number of nitrogens with one attached hydrogen (secondary N) is 1. The maximum Gasteiger partial charge on any atom is 0.258 e. The summed E-state index contributed by atoms with van der Waals surface area (Å²) in [5.74, 6) is 0.0861. The fourth-order valence-electron chi connectivity index (χ4n) is 2.97. The number of halogens is 2. The van der Waals surface area contributed by atoms with E-state index in [-0.39, 0.29) is 24.4 Å². The van der Waals surface area contributed by atoms with Crippen molar-refractivity contribution in [1.29, 1.82) is 0 Å². The highest BCUT2D eigenvalue weighted by Crippen LogP contribution is 2.22. The summed E-state index contributed by atoms with van der Waals surface area (Å²) >= 11 is 5.83. The van der Waals surface area contributed by atoms with Crippen molar-refractivity contribution in [3.05, 3.63) is 64.9 Å². The van der Waals surface area contributed by atoms with E-state index in [0.29, 0.717) is 30.5 Å². The predicted molar refractivity (Wildman–Crippen MR) is 101 cm³/mol. The van der Waals surface area contributed by atoms with E-state index in [0.717, 1.165) is 18.7 Å². The van der Waals surface area contributed by atoms with Crippen LogP contribution in [-0.4, -0.2) is 50.3 Å². The molecule has 1 aliphatic heterocycles. The lowest BCUT2D eigenvalue weighted by molar-refractivity contribution is -0.123. The Kier molecular flexibility index (Phi) is 7.04. The van der Waals surface area contributed by atoms with Crippen LogP contribution in [0.5, 0.6) is 5.75 Å². The number of rotatable bonds is 7. The zero-order valence-electron chi connectivity index (χ0n) is 14.9. The quantitative estimate of drug-likeness (QED) is 0.786. The molecule has 0 saturated carbocycles. The molecule has 7 heteroatoms. The number of carbonyl (C=O) groups excluding carboxylic acids is 1. The van der Waals surface area contributed by atoms with Crippen LogP contribution in [0.25, 0.3) is 0 Å². The fourth-order valence-corrected chi connectivity index (χ4v) is 3.10. The van der Waals surface area contributed by atoms with Crippen LogP contribution in [0.1, 0.15) is 11.6 Å². The molecule has 1 saturated heterocycles. The van der Waals surface area contributed by atoms with Crippen LogP contribution in [0.15, 0.2) is 48.5 Å². The third-order valence-corrected chi connectivity index (χ3v) is 4.67. The first-order chi connectivity index (χ1) is 13.1. The summed E-state index contributed by atoms with van der Waals surface area (Å²) in [6, 6.07) is 13.2. The molecule has 0 bridgehead atoms. The number of nitrogens with zero attached hydrogens (tertiary/aromatic N) is 1. The fraction of sp³-hybridized carbons (Fsp3) is 0.350. The third-order valence-electron chi connectivity index (χ3n) is 4.42. The number of benzene rings is 2. The first-order valence-corrected chi connectivity index (χ1v) is 9.22. The largest absolute Gasteiger partial charge is 0.484 e. The molecule has 5 nitrogen and oxygen atoms in total. The number of carbonyl (C=O) groups is 1. The summed E-state index contributed by atoms with van der Waals surface area (Å²) in [6.07, 6.45) is 0. The van der Waals surface area contributed by atoms with E-state index in [4.69, 9.17) is 21.1 Å². The minimum Gasteiger partial charge on any atom is -0.484 e. The molecule has 1 atom stereocenters. The topological polar surface area (TPSA) is 50.8 Å². The molecule has 1 N–H and O–H groups in total. The Labute approximate surface area is 163 Å². The van der Waals surface area contributed by atoms with E-state index in [1.54, 1.807) is 36.4 Å². The minimum absolute atomic E-state index is 0.0472. The van der Waals surface area contributed by atoms with Crippen LogP contribution in [0.2, 0.25) is 5.02 Å². The zero-order chi connectivity index (χ0) is 19.1. The van der Waals surface area contributed by atoms with Crippen LogP contribution in [0.3, 0.4) is 0 Å². The van der Waals surface area contributed by atoms with Gasteiger partial charge in [-0.3, -0.25) is 9.69 Å². The maximum absolute atomic E-state index is 13.3. The Morgan fingerprint density at radius 3 is 2.48 bits per heavy atom. The van der Waals surface area contributed by atoms with Gasteiger partial charge < -0.3 is 14.8 Å². The number of hydrogen-bond acceptors (Lipinski definition) is 4. The van der Waals surface area contributed by atoms with Crippen molar-refractivity contribution in [1.82, 2.24) is 10.2 Å². The summed E-state index contributed by atoms with van der Waals surface area (Å²) in [5.41, 5.74) is 0.956. The number of morpholine rings is 1. The summed E-state index contributed by atoms with van der Waals surface area (Å²) in [5, 5.41) is 3.52. The second-order valence-electron chi connectivity index (χ2n) is 6.26. The highest BCUT2D eigenvalue weighted by atomic mass is 35.5. The van der Waals surface area contributed by atoms with Gasteiger partial charge >= 0.3 is 0 Å². The molecule has 1 fully saturated rings. The van der Waals surface area contributed by atoms with Crippen LogP contribution in [0, 0.1) is 5.82 Å². The van der Waals surface area contributed by atoms with Crippen LogP contribution in [-0.2, 0) is 9.53 Å². The second-order valence-corrected chi connectivity index (χ2v) is 6.70. The highest BCUT2D eigenvalue weighted by Gasteiger charge is 2.23. The van der Waals surface area contributed by atoms with Gasteiger partial charge in [-0.25, -0.2) is 4.39 Å². The molecule has 1 aliphatic rings. The molecule has 144 valence electrons. The van der Waals surface area contributed by atoms with E-state index in [9.17, 15) is 9.18 Å². The molecule has 1 heterocycles. The third kappa shape index (κ3) is 5.92. The van der Waals surface area contributed by atoms with Crippen LogP contribution >= 0.6 is 11.6 Å². The van der Waals surface area contributed by atoms with Gasteiger partial charge in [0.15, 0.2) is 6.61 Å². The van der Waals surface area contributed by atoms with Gasteiger partial charge in [0.1, 0.15) is 11.6 Å². The smallest absolute Gasteiger partial charge is 0.258 e. The van der Waals surface area contributed by atoms with Gasteiger partial charge in [0, 0.05) is 24.7 Å². The summed E-state index contributed by atoms with van der Waals surface area (Å²) in [7, 11) is 0. The average molecular weight is 393 g/mol. The lowest BCUT2D eigenvalue weighted by atomic mass is 10.0. The van der Waals surface area contributed by atoms with Gasteiger partial charge in [0.05, 0.1) is 19.3 Å². The van der Waals surface area contributed by atoms with Crippen molar-refractivity contribution in [2.24, 2.45) is 0 Å². The molecule has 0 unspecified atom stereocenters. The molecule has 2 aromatic carbocycles. The summed E-state index contributed by atoms with van der Waals surface area (Å²) in [4.78, 5) is 14.4. The number of amides is 1. The molecule has 0 aliphatic carbocycles. The first-order valence-electron chi connectivity index (χ1n) is 8.84. The van der Waals surface area contributed by atoms with Crippen molar-refractivity contribution in [2.75, 3.05) is 39.5 Å². The van der Waals surface area contributed by atoms with Crippen molar-refractivity contribution in [2.45, 2.75) is 6.04 Å². The monoisotopic (exact) mass is 392 g/mol. The zero-order valence-corrected chi connectivity index (χ0v) is 15.6. The molecule has 2 aromatic rings. The van der Waals surface area contributed by atoms with Crippen LogP contribution in [0.4, 0.5) is 4.39 Å². The lowest BCUT2D eigenvalue weighted by Crippen LogP contribution is -2.44. The van der Waals surface area contributed by atoms with Gasteiger partial charge in [0.25, 0.3) is 5.91 Å². The van der Waals surface area contributed by atoms with Gasteiger partial charge in [-0.05, 0) is 42.0 Å². The first kappa shape index (κ1) is 19.6. The summed E-state index contributed by atoms with van der Waals surface area (Å²) < 4.78 is 24.1. The normalized spacial score (nSPS) is 15.9. The highest BCUT2D eigenvalue weighted by molar-refractivity contribution is 6.30. The van der Waals surface area contributed by atoms with E-state index < -0.39 is 0 Å². The van der Waals surface area contributed by atoms with Crippen molar-refractivity contribution >= 4 is 17.5 Å². The molecule has 1 amide bonds. The molecule has 27 heavy (non-hydrogen) atoms. The van der Waals surface area contributed by atoms with E-state index in [1.807, 2.05) is 0 Å². The Balaban J connectivity index is 1.57. The van der Waals surface area contributed by atoms with E-state index >= 15 is 0 Å².